The second kappa shape index (κ2) is 8.10. The summed E-state index contributed by atoms with van der Waals surface area (Å²) in [5.74, 6) is 1.97. The molecule has 128 valence electrons. The summed E-state index contributed by atoms with van der Waals surface area (Å²) in [7, 11) is 1.66. The largest absolute Gasteiger partial charge is 0.497 e. The van der Waals surface area contributed by atoms with Gasteiger partial charge in [-0.1, -0.05) is 31.2 Å². The summed E-state index contributed by atoms with van der Waals surface area (Å²) in [5, 5.41) is 14.4. The summed E-state index contributed by atoms with van der Waals surface area (Å²) in [6.45, 7) is 2.78. The van der Waals surface area contributed by atoms with Crippen molar-refractivity contribution in [3.8, 4) is 5.75 Å². The van der Waals surface area contributed by atoms with E-state index in [4.69, 9.17) is 4.74 Å². The van der Waals surface area contributed by atoms with Crippen molar-refractivity contribution < 1.29 is 4.74 Å². The Bertz CT molecular complexity index is 803. The van der Waals surface area contributed by atoms with Crippen LogP contribution >= 0.6 is 0 Å². The molecule has 0 unspecified atom stereocenters. The summed E-state index contributed by atoms with van der Waals surface area (Å²) >= 11 is 0. The maximum atomic E-state index is 5.16. The van der Waals surface area contributed by atoms with Crippen LogP contribution in [-0.2, 0) is 13.0 Å². The number of rotatable bonds is 7. The van der Waals surface area contributed by atoms with Gasteiger partial charge in [0.15, 0.2) is 5.82 Å². The Kier molecular flexibility index (Phi) is 5.41. The molecule has 0 saturated heterocycles. The first kappa shape index (κ1) is 16.7. The Morgan fingerprint density at radius 3 is 2.36 bits per heavy atom. The van der Waals surface area contributed by atoms with Crippen molar-refractivity contribution in [2.45, 2.75) is 19.9 Å². The molecule has 1 heterocycles. The molecule has 0 spiro atoms. The number of hydrogen-bond acceptors (Lipinski definition) is 6. The third kappa shape index (κ3) is 4.67. The molecule has 0 aliphatic heterocycles. The fourth-order valence-electron chi connectivity index (χ4n) is 2.33. The molecule has 1 aromatic heterocycles. The van der Waals surface area contributed by atoms with Crippen molar-refractivity contribution >= 4 is 17.5 Å². The van der Waals surface area contributed by atoms with Crippen LogP contribution in [0, 0.1) is 0 Å². The molecule has 2 N–H and O–H groups in total. The van der Waals surface area contributed by atoms with Crippen molar-refractivity contribution in [2.24, 2.45) is 0 Å². The standard InChI is InChI=1S/C19H21N5O/c1-3-14-4-8-16(9-5-14)22-19-23-18(13-21-24-19)20-12-15-6-10-17(25-2)11-7-15/h4-11,13H,3,12H2,1-2H3,(H2,20,22,23,24). The second-order valence-electron chi connectivity index (χ2n) is 5.54. The zero-order chi connectivity index (χ0) is 17.5. The zero-order valence-electron chi connectivity index (χ0n) is 14.4. The van der Waals surface area contributed by atoms with E-state index in [-0.39, 0.29) is 0 Å². The molecule has 0 radical (unpaired) electrons. The first-order valence-electron chi connectivity index (χ1n) is 8.19. The van der Waals surface area contributed by atoms with Gasteiger partial charge in [0.05, 0.1) is 13.3 Å². The van der Waals surface area contributed by atoms with Gasteiger partial charge in [-0.15, -0.1) is 5.10 Å². The maximum absolute atomic E-state index is 5.16. The Hall–Kier alpha value is -3.15. The molecule has 2 aromatic carbocycles. The second-order valence-corrected chi connectivity index (χ2v) is 5.54. The summed E-state index contributed by atoms with van der Waals surface area (Å²) < 4.78 is 5.16. The van der Waals surface area contributed by atoms with Crippen LogP contribution in [0.2, 0.25) is 0 Å². The average Bonchev–Trinajstić information content (AvgIpc) is 2.68. The summed E-state index contributed by atoms with van der Waals surface area (Å²) in [6.07, 6.45) is 2.62. The Balaban J connectivity index is 1.62. The highest BCUT2D eigenvalue weighted by molar-refractivity contribution is 5.54. The lowest BCUT2D eigenvalue weighted by Crippen LogP contribution is -2.05. The van der Waals surface area contributed by atoms with Crippen molar-refractivity contribution in [1.82, 2.24) is 15.2 Å². The van der Waals surface area contributed by atoms with Crippen molar-refractivity contribution in [3.63, 3.8) is 0 Å². The van der Waals surface area contributed by atoms with Gasteiger partial charge in [-0.25, -0.2) is 0 Å². The minimum Gasteiger partial charge on any atom is -0.497 e. The van der Waals surface area contributed by atoms with Crippen LogP contribution in [0.3, 0.4) is 0 Å². The molecule has 6 heteroatoms. The normalized spacial score (nSPS) is 10.3. The Labute approximate surface area is 147 Å². The van der Waals surface area contributed by atoms with Gasteiger partial charge in [-0.3, -0.25) is 0 Å². The van der Waals surface area contributed by atoms with E-state index in [1.165, 1.54) is 5.56 Å². The molecule has 3 rings (SSSR count). The fraction of sp³-hybridized carbons (Fsp3) is 0.211. The molecule has 3 aromatic rings. The van der Waals surface area contributed by atoms with Gasteiger partial charge in [-0.2, -0.15) is 10.1 Å². The highest BCUT2D eigenvalue weighted by Gasteiger charge is 2.02. The average molecular weight is 335 g/mol. The summed E-state index contributed by atoms with van der Waals surface area (Å²) in [6, 6.07) is 16.1. The van der Waals surface area contributed by atoms with Crippen LogP contribution < -0.4 is 15.4 Å². The fourth-order valence-corrected chi connectivity index (χ4v) is 2.33. The maximum Gasteiger partial charge on any atom is 0.249 e. The first-order chi connectivity index (χ1) is 12.3. The molecule has 0 saturated carbocycles. The van der Waals surface area contributed by atoms with Crippen molar-refractivity contribution in [3.05, 3.63) is 65.9 Å². The molecular formula is C19H21N5O. The predicted molar refractivity (Wildman–Crippen MR) is 99.3 cm³/mol. The number of hydrogen-bond donors (Lipinski definition) is 2. The number of aromatic nitrogens is 3. The van der Waals surface area contributed by atoms with Crippen LogP contribution in [0.1, 0.15) is 18.1 Å². The van der Waals surface area contributed by atoms with Crippen LogP contribution in [-0.4, -0.2) is 22.3 Å². The van der Waals surface area contributed by atoms with Crippen LogP contribution in [0.15, 0.2) is 54.7 Å². The molecular weight excluding hydrogens is 314 g/mol. The van der Waals surface area contributed by atoms with Gasteiger partial charge in [0.1, 0.15) is 5.75 Å². The van der Waals surface area contributed by atoms with E-state index in [0.717, 1.165) is 23.4 Å². The number of methoxy groups -OCH3 is 1. The lowest BCUT2D eigenvalue weighted by atomic mass is 10.1. The quantitative estimate of drug-likeness (QED) is 0.684. The summed E-state index contributed by atoms with van der Waals surface area (Å²) in [4.78, 5) is 4.44. The smallest absolute Gasteiger partial charge is 0.249 e. The molecule has 6 nitrogen and oxygen atoms in total. The molecule has 0 fully saturated rings. The van der Waals surface area contributed by atoms with Gasteiger partial charge in [-0.05, 0) is 41.8 Å². The molecule has 0 amide bonds. The molecule has 0 atom stereocenters. The molecule has 0 aliphatic rings. The topological polar surface area (TPSA) is 72.0 Å². The van der Waals surface area contributed by atoms with Crippen LogP contribution in [0.4, 0.5) is 17.5 Å². The minimum absolute atomic E-state index is 0.462. The van der Waals surface area contributed by atoms with Gasteiger partial charge in [0.25, 0.3) is 0 Å². The first-order valence-corrected chi connectivity index (χ1v) is 8.19. The van der Waals surface area contributed by atoms with E-state index in [1.807, 2.05) is 36.4 Å². The van der Waals surface area contributed by atoms with E-state index >= 15 is 0 Å². The van der Waals surface area contributed by atoms with Gasteiger partial charge in [0, 0.05) is 12.2 Å². The number of benzene rings is 2. The van der Waals surface area contributed by atoms with E-state index in [0.29, 0.717) is 18.3 Å². The monoisotopic (exact) mass is 335 g/mol. The Morgan fingerprint density at radius 2 is 1.68 bits per heavy atom. The van der Waals surface area contributed by atoms with Crippen LogP contribution in [0.25, 0.3) is 0 Å². The number of nitrogens with one attached hydrogen (secondary N) is 2. The SMILES string of the molecule is CCc1ccc(Nc2nncc(NCc3ccc(OC)cc3)n2)cc1. The highest BCUT2D eigenvalue weighted by Crippen LogP contribution is 2.16. The zero-order valence-corrected chi connectivity index (χ0v) is 14.4. The van der Waals surface area contributed by atoms with E-state index in [9.17, 15) is 0 Å². The number of nitrogens with zero attached hydrogens (tertiary/aromatic N) is 3. The molecule has 0 bridgehead atoms. The third-order valence-corrected chi connectivity index (χ3v) is 3.81. The third-order valence-electron chi connectivity index (χ3n) is 3.81. The number of anilines is 3. The van der Waals surface area contributed by atoms with E-state index in [1.54, 1.807) is 13.3 Å². The molecule has 0 aliphatic carbocycles. The van der Waals surface area contributed by atoms with Crippen molar-refractivity contribution in [2.75, 3.05) is 17.7 Å². The Morgan fingerprint density at radius 1 is 0.960 bits per heavy atom. The van der Waals surface area contributed by atoms with Gasteiger partial charge < -0.3 is 15.4 Å². The highest BCUT2D eigenvalue weighted by atomic mass is 16.5. The van der Waals surface area contributed by atoms with Crippen LogP contribution in [0.5, 0.6) is 5.75 Å². The number of ether oxygens (including phenoxy) is 1. The van der Waals surface area contributed by atoms with Crippen molar-refractivity contribution in [1.29, 1.82) is 0 Å². The van der Waals surface area contributed by atoms with E-state index < -0.39 is 0 Å². The summed E-state index contributed by atoms with van der Waals surface area (Å²) in [5.41, 5.74) is 3.36. The van der Waals surface area contributed by atoms with Gasteiger partial charge in [0.2, 0.25) is 5.95 Å². The number of aryl methyl sites for hydroxylation is 1. The lowest BCUT2D eigenvalue weighted by Gasteiger charge is -2.08. The van der Waals surface area contributed by atoms with Gasteiger partial charge >= 0.3 is 0 Å². The minimum atomic E-state index is 0.462. The predicted octanol–water partition coefficient (Wildman–Crippen LogP) is 3.80. The van der Waals surface area contributed by atoms with E-state index in [2.05, 4.69) is 44.9 Å². The lowest BCUT2D eigenvalue weighted by molar-refractivity contribution is 0.414. The molecule has 25 heavy (non-hydrogen) atoms.